The molecule has 40 heavy (non-hydrogen) atoms. The molecule has 9 nitrogen and oxygen atoms in total. The Bertz CT molecular complexity index is 1560. The van der Waals surface area contributed by atoms with Crippen molar-refractivity contribution in [2.24, 2.45) is 0 Å². The van der Waals surface area contributed by atoms with Crippen molar-refractivity contribution in [3.8, 4) is 5.75 Å². The smallest absolute Gasteiger partial charge is 0.259 e. The first kappa shape index (κ1) is 25.9. The number of hydrogen-bond acceptors (Lipinski definition) is 6. The predicted octanol–water partition coefficient (Wildman–Crippen LogP) is 4.56. The molecule has 3 heterocycles. The number of anilines is 3. The number of rotatable bonds is 5. The van der Waals surface area contributed by atoms with Gasteiger partial charge in [0, 0.05) is 44.0 Å². The lowest BCUT2D eigenvalue weighted by molar-refractivity contribution is 0.0982. The third kappa shape index (κ3) is 5.00. The normalized spacial score (nSPS) is 15.9. The van der Waals surface area contributed by atoms with Crippen LogP contribution in [0.1, 0.15) is 39.1 Å². The fourth-order valence-electron chi connectivity index (χ4n) is 5.55. The number of ether oxygens (including phenoxy) is 1. The van der Waals surface area contributed by atoms with Crippen molar-refractivity contribution >= 4 is 40.2 Å². The van der Waals surface area contributed by atoms with Crippen LogP contribution in [0.2, 0.25) is 0 Å². The van der Waals surface area contributed by atoms with Crippen LogP contribution in [0, 0.1) is 0 Å². The van der Waals surface area contributed by atoms with E-state index >= 15 is 0 Å². The number of carbonyl (C=O) groups excluding carboxylic acids is 2. The molecule has 206 valence electrons. The number of hydrogen-bond donors (Lipinski definition) is 2. The molecule has 2 aliphatic rings. The minimum atomic E-state index is -0.326. The number of likely N-dealkylation sites (N-methyl/N-ethyl adjacent to an activating group) is 1. The van der Waals surface area contributed by atoms with E-state index < -0.39 is 0 Å². The zero-order valence-corrected chi connectivity index (χ0v) is 22.9. The van der Waals surface area contributed by atoms with Gasteiger partial charge in [0.15, 0.2) is 0 Å². The third-order valence-corrected chi connectivity index (χ3v) is 7.85. The predicted molar refractivity (Wildman–Crippen MR) is 158 cm³/mol. The van der Waals surface area contributed by atoms with E-state index in [1.807, 2.05) is 41.3 Å². The van der Waals surface area contributed by atoms with Crippen LogP contribution < -0.4 is 19.9 Å². The highest BCUT2D eigenvalue weighted by Gasteiger charge is 2.24. The lowest BCUT2D eigenvalue weighted by atomic mass is 10.1. The quantitative estimate of drug-likeness (QED) is 0.387. The second-order valence-corrected chi connectivity index (χ2v) is 10.5. The van der Waals surface area contributed by atoms with Gasteiger partial charge in [-0.25, -0.2) is 4.98 Å². The number of H-pyrrole nitrogens is 1. The fourth-order valence-corrected chi connectivity index (χ4v) is 5.55. The average molecular weight is 539 g/mol. The van der Waals surface area contributed by atoms with E-state index in [2.05, 4.69) is 33.2 Å². The number of methoxy groups -OCH3 is 1. The van der Waals surface area contributed by atoms with Crippen LogP contribution in [0.4, 0.5) is 17.3 Å². The number of aromatic amines is 1. The fraction of sp³-hybridized carbons (Fsp3) is 0.323. The van der Waals surface area contributed by atoms with E-state index in [0.29, 0.717) is 34.6 Å². The van der Waals surface area contributed by atoms with Gasteiger partial charge >= 0.3 is 0 Å². The molecule has 4 aromatic rings. The molecule has 0 bridgehead atoms. The summed E-state index contributed by atoms with van der Waals surface area (Å²) in [6.45, 7) is 4.39. The van der Waals surface area contributed by atoms with Gasteiger partial charge in [0.1, 0.15) is 11.3 Å². The van der Waals surface area contributed by atoms with E-state index in [1.165, 1.54) is 12.7 Å². The van der Waals surface area contributed by atoms with Crippen molar-refractivity contribution < 1.29 is 14.3 Å². The molecular formula is C31H34N6O3. The maximum absolute atomic E-state index is 13.6. The standard InChI is InChI=1S/C31H34N6O3/c1-35-16-18-36(19-17-35)31-33-25-11-7-10-24(28(25)34-31)32-29(38)23-14-13-22(20-27(23)40-2)30(39)37-15-6-5-9-21-8-3-4-12-26(21)37/h3-4,7-8,10-14,20H,5-6,9,15-19H2,1-2H3,(H,32,38)(H,33,34). The van der Waals surface area contributed by atoms with Crippen LogP contribution in [0.3, 0.4) is 0 Å². The Hall–Kier alpha value is -4.37. The Kier molecular flexibility index (Phi) is 7.13. The summed E-state index contributed by atoms with van der Waals surface area (Å²) in [4.78, 5) is 41.6. The highest BCUT2D eigenvalue weighted by molar-refractivity contribution is 6.11. The molecule has 1 fully saturated rings. The molecular weight excluding hydrogens is 504 g/mol. The van der Waals surface area contributed by atoms with Crippen LogP contribution in [-0.4, -0.2) is 73.6 Å². The summed E-state index contributed by atoms with van der Waals surface area (Å²) in [6.07, 6.45) is 2.94. The SMILES string of the molecule is COc1cc(C(=O)N2CCCCc3ccccc32)ccc1C(=O)Nc1cccc2[nH]c(N3CCN(C)CC3)nc12. The van der Waals surface area contributed by atoms with Crippen LogP contribution in [0.15, 0.2) is 60.7 Å². The summed E-state index contributed by atoms with van der Waals surface area (Å²) in [5.74, 6) is 0.726. The number of aryl methyl sites for hydroxylation is 1. The maximum Gasteiger partial charge on any atom is 0.259 e. The first-order chi connectivity index (χ1) is 19.5. The molecule has 0 saturated carbocycles. The largest absolute Gasteiger partial charge is 0.496 e. The van der Waals surface area contributed by atoms with E-state index in [-0.39, 0.29) is 11.8 Å². The number of benzene rings is 3. The second-order valence-electron chi connectivity index (χ2n) is 10.5. The maximum atomic E-state index is 13.6. The summed E-state index contributed by atoms with van der Waals surface area (Å²) in [7, 11) is 3.63. The van der Waals surface area contributed by atoms with Crippen LogP contribution in [0.5, 0.6) is 5.75 Å². The Morgan fingerprint density at radius 3 is 2.60 bits per heavy atom. The number of para-hydroxylation sites is 2. The molecule has 0 aliphatic carbocycles. The number of imidazole rings is 1. The number of nitrogens with zero attached hydrogens (tertiary/aromatic N) is 4. The Balaban J connectivity index is 1.24. The second kappa shape index (κ2) is 11.0. The first-order valence-corrected chi connectivity index (χ1v) is 13.8. The molecule has 0 atom stereocenters. The van der Waals surface area contributed by atoms with Crippen molar-refractivity contribution in [2.75, 3.05) is 62.0 Å². The van der Waals surface area contributed by atoms with E-state index in [0.717, 1.165) is 62.6 Å². The summed E-state index contributed by atoms with van der Waals surface area (Å²) >= 11 is 0. The van der Waals surface area contributed by atoms with Crippen molar-refractivity contribution in [1.82, 2.24) is 14.9 Å². The minimum absolute atomic E-state index is 0.0997. The van der Waals surface area contributed by atoms with E-state index in [9.17, 15) is 9.59 Å². The zero-order chi connectivity index (χ0) is 27.6. The minimum Gasteiger partial charge on any atom is -0.496 e. The molecule has 9 heteroatoms. The van der Waals surface area contributed by atoms with E-state index in [4.69, 9.17) is 9.72 Å². The number of nitrogens with one attached hydrogen (secondary N) is 2. The van der Waals surface area contributed by atoms with Gasteiger partial charge in [0.25, 0.3) is 11.8 Å². The van der Waals surface area contributed by atoms with Gasteiger partial charge in [-0.3, -0.25) is 9.59 Å². The van der Waals surface area contributed by atoms with Crippen molar-refractivity contribution in [1.29, 1.82) is 0 Å². The average Bonchev–Trinajstić information content (AvgIpc) is 3.31. The van der Waals surface area contributed by atoms with Gasteiger partial charge in [-0.2, -0.15) is 0 Å². The summed E-state index contributed by atoms with van der Waals surface area (Å²) in [6, 6.07) is 18.8. The highest BCUT2D eigenvalue weighted by atomic mass is 16.5. The summed E-state index contributed by atoms with van der Waals surface area (Å²) in [5.41, 5.74) is 5.14. The molecule has 0 unspecified atom stereocenters. The Labute approximate surface area is 233 Å². The van der Waals surface area contributed by atoms with Gasteiger partial charge in [-0.15, -0.1) is 0 Å². The lowest BCUT2D eigenvalue weighted by Crippen LogP contribution is -2.44. The molecule has 1 saturated heterocycles. The molecule has 2 N–H and O–H groups in total. The number of fused-ring (bicyclic) bond motifs is 2. The molecule has 1 aromatic heterocycles. The molecule has 0 radical (unpaired) electrons. The first-order valence-electron chi connectivity index (χ1n) is 13.8. The van der Waals surface area contributed by atoms with Gasteiger partial charge in [-0.05, 0) is 68.3 Å². The Morgan fingerprint density at radius 1 is 0.950 bits per heavy atom. The lowest BCUT2D eigenvalue weighted by Gasteiger charge is -2.32. The van der Waals surface area contributed by atoms with Crippen LogP contribution >= 0.6 is 0 Å². The number of aromatic nitrogens is 2. The summed E-state index contributed by atoms with van der Waals surface area (Å²) < 4.78 is 5.59. The molecule has 3 aromatic carbocycles. The van der Waals surface area contributed by atoms with Crippen LogP contribution in [0.25, 0.3) is 11.0 Å². The monoisotopic (exact) mass is 538 g/mol. The number of piperazine rings is 1. The molecule has 2 aliphatic heterocycles. The van der Waals surface area contributed by atoms with E-state index in [1.54, 1.807) is 18.2 Å². The number of amides is 2. The van der Waals surface area contributed by atoms with Crippen molar-refractivity contribution in [2.45, 2.75) is 19.3 Å². The van der Waals surface area contributed by atoms with Gasteiger partial charge in [0.05, 0.1) is 23.9 Å². The molecule has 0 spiro atoms. The number of carbonyl (C=O) groups is 2. The zero-order valence-electron chi connectivity index (χ0n) is 22.9. The molecule has 6 rings (SSSR count). The molecule has 2 amide bonds. The van der Waals surface area contributed by atoms with Crippen LogP contribution in [-0.2, 0) is 6.42 Å². The topological polar surface area (TPSA) is 93.8 Å². The van der Waals surface area contributed by atoms with Crippen molar-refractivity contribution in [3.05, 3.63) is 77.4 Å². The van der Waals surface area contributed by atoms with Gasteiger partial charge < -0.3 is 29.7 Å². The van der Waals surface area contributed by atoms with Gasteiger partial charge in [0.2, 0.25) is 5.95 Å². The Morgan fingerprint density at radius 2 is 1.77 bits per heavy atom. The summed E-state index contributed by atoms with van der Waals surface area (Å²) in [5, 5.41) is 3.01. The highest BCUT2D eigenvalue weighted by Crippen LogP contribution is 2.30. The van der Waals surface area contributed by atoms with Crippen molar-refractivity contribution in [3.63, 3.8) is 0 Å². The van der Waals surface area contributed by atoms with Gasteiger partial charge in [-0.1, -0.05) is 24.3 Å². The third-order valence-electron chi connectivity index (χ3n) is 7.85.